The SMILES string of the molecule is O=C(O)[C@@H]1CCCN1Cc1cccc(-c2nc(=O)c3ccccc3s2)n1. The number of rotatable bonds is 4. The van der Waals surface area contributed by atoms with E-state index in [4.69, 9.17) is 0 Å². The molecular formula is C19H17N3O3S. The molecule has 1 atom stereocenters. The Kier molecular flexibility index (Phi) is 4.48. The third-order valence-electron chi connectivity index (χ3n) is 4.57. The second-order valence-corrected chi connectivity index (χ2v) is 7.33. The van der Waals surface area contributed by atoms with Crippen molar-refractivity contribution >= 4 is 27.4 Å². The van der Waals surface area contributed by atoms with E-state index in [-0.39, 0.29) is 5.56 Å². The molecule has 26 heavy (non-hydrogen) atoms. The quantitative estimate of drug-likeness (QED) is 0.763. The molecule has 1 aromatic carbocycles. The third-order valence-corrected chi connectivity index (χ3v) is 5.64. The van der Waals surface area contributed by atoms with Crippen LogP contribution in [0.15, 0.2) is 47.3 Å². The van der Waals surface area contributed by atoms with Crippen LogP contribution < -0.4 is 5.56 Å². The number of carbonyl (C=O) groups is 1. The first kappa shape index (κ1) is 16.8. The predicted molar refractivity (Wildman–Crippen MR) is 100 cm³/mol. The van der Waals surface area contributed by atoms with Crippen molar-refractivity contribution in [2.45, 2.75) is 25.4 Å². The van der Waals surface area contributed by atoms with E-state index >= 15 is 0 Å². The van der Waals surface area contributed by atoms with Crippen LogP contribution in [0.5, 0.6) is 0 Å². The fourth-order valence-electron chi connectivity index (χ4n) is 3.31. The van der Waals surface area contributed by atoms with Gasteiger partial charge in [0, 0.05) is 11.2 Å². The lowest BCUT2D eigenvalue weighted by molar-refractivity contribution is -0.142. The molecule has 0 unspecified atom stereocenters. The summed E-state index contributed by atoms with van der Waals surface area (Å²) in [5.74, 6) is -0.784. The number of carboxylic acid groups (broad SMARTS) is 1. The molecule has 0 spiro atoms. The Balaban J connectivity index is 1.66. The summed E-state index contributed by atoms with van der Waals surface area (Å²) in [7, 11) is 0. The summed E-state index contributed by atoms with van der Waals surface area (Å²) in [6.45, 7) is 1.23. The molecule has 2 aromatic heterocycles. The van der Waals surface area contributed by atoms with Gasteiger partial charge in [0.2, 0.25) is 0 Å². The maximum atomic E-state index is 12.2. The van der Waals surface area contributed by atoms with Crippen molar-refractivity contribution in [3.8, 4) is 10.7 Å². The van der Waals surface area contributed by atoms with Gasteiger partial charge < -0.3 is 5.11 Å². The smallest absolute Gasteiger partial charge is 0.320 e. The van der Waals surface area contributed by atoms with Crippen molar-refractivity contribution in [2.24, 2.45) is 0 Å². The van der Waals surface area contributed by atoms with Crippen molar-refractivity contribution in [1.82, 2.24) is 14.9 Å². The maximum absolute atomic E-state index is 12.2. The number of pyridine rings is 1. The summed E-state index contributed by atoms with van der Waals surface area (Å²) in [4.78, 5) is 34.3. The van der Waals surface area contributed by atoms with E-state index in [1.54, 1.807) is 6.07 Å². The number of carboxylic acids is 1. The average molecular weight is 367 g/mol. The molecule has 3 aromatic rings. The van der Waals surface area contributed by atoms with Crippen LogP contribution in [0.1, 0.15) is 18.5 Å². The zero-order valence-electron chi connectivity index (χ0n) is 14.0. The van der Waals surface area contributed by atoms with E-state index in [1.807, 2.05) is 41.3 Å². The first-order valence-corrected chi connectivity index (χ1v) is 9.26. The van der Waals surface area contributed by atoms with Crippen molar-refractivity contribution in [3.63, 3.8) is 0 Å². The van der Waals surface area contributed by atoms with Gasteiger partial charge in [-0.2, -0.15) is 4.98 Å². The molecule has 132 valence electrons. The molecule has 1 aliphatic heterocycles. The van der Waals surface area contributed by atoms with Gasteiger partial charge in [-0.25, -0.2) is 4.98 Å². The van der Waals surface area contributed by atoms with Crippen molar-refractivity contribution in [3.05, 3.63) is 58.5 Å². The topological polar surface area (TPSA) is 83.4 Å². The highest BCUT2D eigenvalue weighted by molar-refractivity contribution is 7.21. The van der Waals surface area contributed by atoms with Gasteiger partial charge in [0.25, 0.3) is 5.56 Å². The minimum Gasteiger partial charge on any atom is -0.480 e. The van der Waals surface area contributed by atoms with Crippen LogP contribution in [0.3, 0.4) is 0 Å². The number of hydrogen-bond acceptors (Lipinski definition) is 6. The zero-order chi connectivity index (χ0) is 18.1. The highest BCUT2D eigenvalue weighted by Crippen LogP contribution is 2.25. The first-order chi connectivity index (χ1) is 12.6. The number of benzene rings is 1. The first-order valence-electron chi connectivity index (χ1n) is 8.45. The molecule has 1 aliphatic rings. The second-order valence-electron chi connectivity index (χ2n) is 6.30. The van der Waals surface area contributed by atoms with Crippen LogP contribution in [0.4, 0.5) is 0 Å². The Morgan fingerprint density at radius 1 is 1.19 bits per heavy atom. The molecule has 0 aliphatic carbocycles. The number of aromatic nitrogens is 2. The van der Waals surface area contributed by atoms with Crippen molar-refractivity contribution in [1.29, 1.82) is 0 Å². The van der Waals surface area contributed by atoms with E-state index < -0.39 is 12.0 Å². The Bertz CT molecular complexity index is 1030. The summed E-state index contributed by atoms with van der Waals surface area (Å²) in [6, 6.07) is 12.5. The fourth-order valence-corrected chi connectivity index (χ4v) is 4.28. The fraction of sp³-hybridized carbons (Fsp3) is 0.263. The normalized spacial score (nSPS) is 17.6. The second kappa shape index (κ2) is 6.93. The van der Waals surface area contributed by atoms with Gasteiger partial charge in [-0.1, -0.05) is 18.2 Å². The van der Waals surface area contributed by atoms with Gasteiger partial charge in [-0.3, -0.25) is 14.5 Å². The summed E-state index contributed by atoms with van der Waals surface area (Å²) >= 11 is 1.43. The monoisotopic (exact) mass is 367 g/mol. The number of hydrogen-bond donors (Lipinski definition) is 1. The molecular weight excluding hydrogens is 350 g/mol. The lowest BCUT2D eigenvalue weighted by Gasteiger charge is -2.20. The molecule has 7 heteroatoms. The highest BCUT2D eigenvalue weighted by Gasteiger charge is 2.30. The summed E-state index contributed by atoms with van der Waals surface area (Å²) in [5, 5.41) is 10.5. The molecule has 0 bridgehead atoms. The van der Waals surface area contributed by atoms with Crippen molar-refractivity contribution < 1.29 is 9.90 Å². The third kappa shape index (κ3) is 3.23. The van der Waals surface area contributed by atoms with Crippen LogP contribution in [0, 0.1) is 0 Å². The molecule has 0 amide bonds. The lowest BCUT2D eigenvalue weighted by atomic mass is 10.2. The number of aliphatic carboxylic acids is 1. The Morgan fingerprint density at radius 2 is 2.04 bits per heavy atom. The summed E-state index contributed by atoms with van der Waals surface area (Å²) in [6.07, 6.45) is 1.55. The molecule has 0 saturated carbocycles. The van der Waals surface area contributed by atoms with E-state index in [0.717, 1.165) is 23.4 Å². The van der Waals surface area contributed by atoms with E-state index in [0.29, 0.717) is 29.1 Å². The minimum atomic E-state index is -0.784. The van der Waals surface area contributed by atoms with Gasteiger partial charge in [0.05, 0.1) is 16.8 Å². The Morgan fingerprint density at radius 3 is 2.88 bits per heavy atom. The molecule has 4 rings (SSSR count). The van der Waals surface area contributed by atoms with Gasteiger partial charge >= 0.3 is 5.97 Å². The van der Waals surface area contributed by atoms with E-state index in [1.165, 1.54) is 11.3 Å². The number of nitrogens with zero attached hydrogens (tertiary/aromatic N) is 3. The molecule has 1 fully saturated rings. The molecule has 1 N–H and O–H groups in total. The van der Waals surface area contributed by atoms with Gasteiger partial charge in [0.1, 0.15) is 11.0 Å². The minimum absolute atomic E-state index is 0.257. The van der Waals surface area contributed by atoms with Crippen LogP contribution >= 0.6 is 11.3 Å². The van der Waals surface area contributed by atoms with Crippen LogP contribution in [0.2, 0.25) is 0 Å². The standard InChI is InChI=1S/C19H17N3O3S/c23-17-13-6-1-2-9-16(13)26-18(21-17)14-7-3-5-12(20-14)11-22-10-4-8-15(22)19(24)25/h1-3,5-7,9,15H,4,8,10-11H2,(H,24,25)/t15-/m0/s1. The van der Waals surface area contributed by atoms with Crippen LogP contribution in [-0.4, -0.2) is 38.5 Å². The largest absolute Gasteiger partial charge is 0.480 e. The van der Waals surface area contributed by atoms with Crippen LogP contribution in [-0.2, 0) is 11.3 Å². The molecule has 3 heterocycles. The highest BCUT2D eigenvalue weighted by atomic mass is 32.1. The molecule has 0 radical (unpaired) electrons. The van der Waals surface area contributed by atoms with Crippen molar-refractivity contribution in [2.75, 3.05) is 6.54 Å². The van der Waals surface area contributed by atoms with Crippen LogP contribution in [0.25, 0.3) is 20.8 Å². The average Bonchev–Trinajstić information content (AvgIpc) is 3.10. The van der Waals surface area contributed by atoms with E-state index in [9.17, 15) is 14.7 Å². The Labute approximate surface area is 153 Å². The van der Waals surface area contributed by atoms with E-state index in [2.05, 4.69) is 9.97 Å². The molecule has 1 saturated heterocycles. The maximum Gasteiger partial charge on any atom is 0.320 e. The van der Waals surface area contributed by atoms with Gasteiger partial charge in [-0.15, -0.1) is 11.3 Å². The predicted octanol–water partition coefficient (Wildman–Crippen LogP) is 2.77. The Hall–Kier alpha value is -2.64. The summed E-state index contributed by atoms with van der Waals surface area (Å²) < 4.78 is 0.875. The number of fused-ring (bicyclic) bond motifs is 1. The lowest BCUT2D eigenvalue weighted by Crippen LogP contribution is -2.35. The van der Waals surface area contributed by atoms with Gasteiger partial charge in [-0.05, 0) is 43.7 Å². The zero-order valence-corrected chi connectivity index (χ0v) is 14.8. The molecule has 6 nitrogen and oxygen atoms in total. The number of likely N-dealkylation sites (tertiary alicyclic amines) is 1. The summed E-state index contributed by atoms with van der Waals surface area (Å²) in [5.41, 5.74) is 1.17. The van der Waals surface area contributed by atoms with Gasteiger partial charge in [0.15, 0.2) is 0 Å².